The second kappa shape index (κ2) is 9.79. The summed E-state index contributed by atoms with van der Waals surface area (Å²) in [7, 11) is 0. The van der Waals surface area contributed by atoms with E-state index >= 15 is 0 Å². The number of allylic oxidation sites excluding steroid dienone is 1. The largest absolute Gasteiger partial charge is 0.494 e. The Balaban J connectivity index is 1.93. The van der Waals surface area contributed by atoms with Crippen LogP contribution in [0.2, 0.25) is 0 Å². The molecule has 3 aromatic carbocycles. The van der Waals surface area contributed by atoms with Crippen LogP contribution in [0.4, 0.5) is 30.7 Å². The number of ether oxygens (including phenoxy) is 2. The molecule has 0 atom stereocenters. The van der Waals surface area contributed by atoms with Crippen molar-refractivity contribution in [3.8, 4) is 11.5 Å². The highest BCUT2D eigenvalue weighted by Crippen LogP contribution is 2.37. The van der Waals surface area contributed by atoms with Crippen molar-refractivity contribution in [2.75, 3.05) is 6.61 Å². The first kappa shape index (κ1) is 25.1. The monoisotopic (exact) mass is 484 g/mol. The number of alkyl halides is 2. The summed E-state index contributed by atoms with van der Waals surface area (Å²) in [6, 6.07) is 6.91. The average molecular weight is 484 g/mol. The number of hydrogen-bond donors (Lipinski definition) is 0. The predicted octanol–water partition coefficient (Wildman–Crippen LogP) is 7.78. The molecule has 0 spiro atoms. The molecular weight excluding hydrogens is 465 g/mol. The molecule has 0 aliphatic rings. The Bertz CT molecular complexity index is 1210. The normalized spacial score (nSPS) is 12.1. The van der Waals surface area contributed by atoms with Crippen LogP contribution < -0.4 is 9.47 Å². The van der Waals surface area contributed by atoms with Crippen LogP contribution in [0.1, 0.15) is 36.1 Å². The van der Waals surface area contributed by atoms with E-state index in [-0.39, 0.29) is 17.7 Å². The maximum absolute atomic E-state index is 14.6. The number of rotatable bonds is 7. The molecule has 3 aromatic rings. The lowest BCUT2D eigenvalue weighted by molar-refractivity contribution is -0.189. The molecule has 9 heteroatoms. The van der Waals surface area contributed by atoms with Gasteiger partial charge in [-0.1, -0.05) is 12.1 Å². The van der Waals surface area contributed by atoms with Gasteiger partial charge in [0.2, 0.25) is 0 Å². The van der Waals surface area contributed by atoms with Crippen molar-refractivity contribution in [2.24, 2.45) is 0 Å². The fourth-order valence-electron chi connectivity index (χ4n) is 3.25. The van der Waals surface area contributed by atoms with Gasteiger partial charge in [0.15, 0.2) is 17.5 Å². The third kappa shape index (κ3) is 5.35. The Morgan fingerprint density at radius 1 is 0.853 bits per heavy atom. The minimum Gasteiger partial charge on any atom is -0.494 e. The van der Waals surface area contributed by atoms with Gasteiger partial charge in [-0.25, -0.2) is 22.0 Å². The lowest BCUT2D eigenvalue weighted by Crippen LogP contribution is -2.25. The molecule has 0 unspecified atom stereocenters. The second-order valence-electron chi connectivity index (χ2n) is 7.41. The molecule has 0 N–H and O–H groups in total. The van der Waals surface area contributed by atoms with Gasteiger partial charge in [-0.05, 0) is 67.3 Å². The van der Waals surface area contributed by atoms with Gasteiger partial charge in [-0.15, -0.1) is 0 Å². The summed E-state index contributed by atoms with van der Waals surface area (Å²) in [5, 5.41) is 0. The second-order valence-corrected chi connectivity index (χ2v) is 7.41. The first-order chi connectivity index (χ1) is 15.9. The van der Waals surface area contributed by atoms with Crippen LogP contribution in [0.25, 0.3) is 11.6 Å². The van der Waals surface area contributed by atoms with E-state index < -0.39 is 46.5 Å². The molecule has 0 fully saturated rings. The molecular formula is C25H19F7O2. The van der Waals surface area contributed by atoms with E-state index in [0.29, 0.717) is 30.1 Å². The molecule has 0 saturated heterocycles. The van der Waals surface area contributed by atoms with Crippen molar-refractivity contribution in [1.29, 1.82) is 0 Å². The van der Waals surface area contributed by atoms with Crippen molar-refractivity contribution >= 4 is 11.6 Å². The zero-order chi connectivity index (χ0) is 25.2. The van der Waals surface area contributed by atoms with E-state index in [2.05, 4.69) is 4.74 Å². The molecule has 0 amide bonds. The lowest BCUT2D eigenvalue weighted by Gasteiger charge is -2.20. The minimum atomic E-state index is -4.65. The molecule has 180 valence electrons. The van der Waals surface area contributed by atoms with Crippen LogP contribution in [0.3, 0.4) is 0 Å². The Hall–Kier alpha value is -3.49. The molecule has 0 saturated carbocycles. The Labute approximate surface area is 191 Å². The van der Waals surface area contributed by atoms with Crippen LogP contribution in [0.15, 0.2) is 42.5 Å². The first-order valence-electron chi connectivity index (χ1n) is 10.1. The molecule has 3 rings (SSSR count). The fourth-order valence-corrected chi connectivity index (χ4v) is 3.25. The molecule has 0 bridgehead atoms. The maximum Gasteiger partial charge on any atom is 0.432 e. The number of halogens is 7. The van der Waals surface area contributed by atoms with Crippen molar-refractivity contribution in [3.05, 3.63) is 93.8 Å². The van der Waals surface area contributed by atoms with E-state index in [1.54, 1.807) is 31.2 Å². The average Bonchev–Trinajstić information content (AvgIpc) is 2.73. The van der Waals surface area contributed by atoms with Gasteiger partial charge in [0.05, 0.1) is 6.61 Å². The van der Waals surface area contributed by atoms with E-state index in [1.165, 1.54) is 0 Å². The number of aryl methyl sites for hydroxylation is 1. The molecule has 0 heterocycles. The molecule has 34 heavy (non-hydrogen) atoms. The molecule has 2 nitrogen and oxygen atoms in total. The molecule has 0 aliphatic heterocycles. The predicted molar refractivity (Wildman–Crippen MR) is 113 cm³/mol. The van der Waals surface area contributed by atoms with Gasteiger partial charge in [0.1, 0.15) is 28.7 Å². The maximum atomic E-state index is 14.6. The standard InChI is InChI=1S/C25H19F7O2/c1-4-33-17-6-5-15(14(3)8-17)7-13(2)16-9-19(26)23(20(27)10-16)25(31,32)34-18-11-21(28)24(30)22(29)12-18/h5-12H,4H2,1-3H3/b13-7+. The third-order valence-corrected chi connectivity index (χ3v) is 4.92. The highest BCUT2D eigenvalue weighted by atomic mass is 19.3. The summed E-state index contributed by atoms with van der Waals surface area (Å²) in [6.07, 6.45) is -3.02. The van der Waals surface area contributed by atoms with Crippen molar-refractivity contribution < 1.29 is 40.2 Å². The van der Waals surface area contributed by atoms with Gasteiger partial charge in [0, 0.05) is 12.1 Å². The SMILES string of the molecule is CCOc1ccc(/C=C(\C)c2cc(F)c(C(F)(F)Oc3cc(F)c(F)c(F)c3)c(F)c2)c(C)c1. The van der Waals surface area contributed by atoms with Crippen LogP contribution in [-0.4, -0.2) is 6.61 Å². The summed E-state index contributed by atoms with van der Waals surface area (Å²) >= 11 is 0. The smallest absolute Gasteiger partial charge is 0.432 e. The van der Waals surface area contributed by atoms with E-state index in [4.69, 9.17) is 4.74 Å². The highest BCUT2D eigenvalue weighted by Gasteiger charge is 2.41. The van der Waals surface area contributed by atoms with Gasteiger partial charge in [-0.2, -0.15) is 8.78 Å². The van der Waals surface area contributed by atoms with Crippen LogP contribution in [-0.2, 0) is 6.11 Å². The third-order valence-electron chi connectivity index (χ3n) is 4.92. The van der Waals surface area contributed by atoms with Crippen molar-refractivity contribution in [2.45, 2.75) is 26.9 Å². The van der Waals surface area contributed by atoms with Gasteiger partial charge < -0.3 is 9.47 Å². The van der Waals surface area contributed by atoms with Crippen molar-refractivity contribution in [3.63, 3.8) is 0 Å². The summed E-state index contributed by atoms with van der Waals surface area (Å²) < 4.78 is 107. The van der Waals surface area contributed by atoms with Gasteiger partial charge >= 0.3 is 6.11 Å². The zero-order valence-electron chi connectivity index (χ0n) is 18.3. The van der Waals surface area contributed by atoms with Gasteiger partial charge in [-0.3, -0.25) is 0 Å². The van der Waals surface area contributed by atoms with E-state index in [9.17, 15) is 30.7 Å². The van der Waals surface area contributed by atoms with Crippen LogP contribution in [0.5, 0.6) is 11.5 Å². The zero-order valence-corrected chi connectivity index (χ0v) is 18.3. The van der Waals surface area contributed by atoms with E-state index in [0.717, 1.165) is 11.1 Å². The topological polar surface area (TPSA) is 18.5 Å². The summed E-state index contributed by atoms with van der Waals surface area (Å²) in [5.41, 5.74) is 0.151. The van der Waals surface area contributed by atoms with Gasteiger partial charge in [0.25, 0.3) is 0 Å². The summed E-state index contributed by atoms with van der Waals surface area (Å²) in [6.45, 7) is 5.68. The number of benzene rings is 3. The molecule has 0 aliphatic carbocycles. The Morgan fingerprint density at radius 3 is 1.97 bits per heavy atom. The first-order valence-corrected chi connectivity index (χ1v) is 10.1. The highest BCUT2D eigenvalue weighted by molar-refractivity contribution is 5.81. The number of hydrogen-bond acceptors (Lipinski definition) is 2. The van der Waals surface area contributed by atoms with Crippen LogP contribution >= 0.6 is 0 Å². The fraction of sp³-hybridized carbons (Fsp3) is 0.200. The Morgan fingerprint density at radius 2 is 1.44 bits per heavy atom. The molecule has 0 radical (unpaired) electrons. The van der Waals surface area contributed by atoms with Crippen LogP contribution in [0, 0.1) is 36.0 Å². The quantitative estimate of drug-likeness (QED) is 0.194. The van der Waals surface area contributed by atoms with Crippen molar-refractivity contribution in [1.82, 2.24) is 0 Å². The summed E-state index contributed by atoms with van der Waals surface area (Å²) in [4.78, 5) is 0. The molecule has 0 aromatic heterocycles. The minimum absolute atomic E-state index is 0.0123. The summed E-state index contributed by atoms with van der Waals surface area (Å²) in [5.74, 6) is -9.27. The van der Waals surface area contributed by atoms with E-state index in [1.807, 2.05) is 13.8 Å². The lowest BCUT2D eigenvalue weighted by atomic mass is 9.99. The Kier molecular flexibility index (Phi) is 7.24.